The number of hydrogen-bond donors (Lipinski definition) is 1. The van der Waals surface area contributed by atoms with Crippen LogP contribution in [0.5, 0.6) is 0 Å². The van der Waals surface area contributed by atoms with Gasteiger partial charge in [-0.3, -0.25) is 0 Å². The lowest BCUT2D eigenvalue weighted by molar-refractivity contribution is 0.143. The summed E-state index contributed by atoms with van der Waals surface area (Å²) in [5.74, 6) is 5.31. The molecule has 0 amide bonds. The van der Waals surface area contributed by atoms with Crippen molar-refractivity contribution in [2.75, 3.05) is 13.1 Å². The van der Waals surface area contributed by atoms with E-state index >= 15 is 0 Å². The maximum Gasteiger partial charge on any atom is 0.244 e. The third-order valence-electron chi connectivity index (χ3n) is 2.64. The number of benzene rings is 1. The van der Waals surface area contributed by atoms with Crippen LogP contribution in [0, 0.1) is 18.8 Å². The first kappa shape index (κ1) is 17.4. The molecule has 0 aliphatic heterocycles. The van der Waals surface area contributed by atoms with Gasteiger partial charge < -0.3 is 5.11 Å². The minimum Gasteiger partial charge on any atom is -0.378 e. The molecule has 0 aliphatic carbocycles. The molecule has 21 heavy (non-hydrogen) atoms. The van der Waals surface area contributed by atoms with E-state index in [-0.39, 0.29) is 18.0 Å². The molecule has 0 spiro atoms. The Hall–Kier alpha value is -1.61. The molecule has 0 saturated heterocycles. The molecule has 1 rings (SSSR count). The minimum atomic E-state index is -3.62. The Bertz CT molecular complexity index is 643. The molecule has 0 unspecified atom stereocenters. The number of hydrogen-bond acceptors (Lipinski definition) is 3. The number of aliphatic hydroxyl groups is 1. The van der Waals surface area contributed by atoms with Crippen LogP contribution in [0.15, 0.2) is 41.8 Å². The van der Waals surface area contributed by atoms with Crippen LogP contribution in [0.2, 0.25) is 0 Å². The number of aryl methyl sites for hydroxylation is 1. The van der Waals surface area contributed by atoms with Crippen molar-refractivity contribution in [2.45, 2.75) is 31.3 Å². The Morgan fingerprint density at radius 2 is 1.90 bits per heavy atom. The Kier molecular flexibility index (Phi) is 5.73. The van der Waals surface area contributed by atoms with Gasteiger partial charge in [0.15, 0.2) is 0 Å². The Morgan fingerprint density at radius 1 is 1.33 bits per heavy atom. The highest BCUT2D eigenvalue weighted by Crippen LogP contribution is 2.16. The molecule has 0 saturated carbocycles. The Morgan fingerprint density at radius 3 is 2.38 bits per heavy atom. The summed E-state index contributed by atoms with van der Waals surface area (Å²) in [5.41, 5.74) is -0.154. The molecule has 1 aromatic rings. The first-order chi connectivity index (χ1) is 9.66. The second-order valence-electron chi connectivity index (χ2n) is 5.26. The van der Waals surface area contributed by atoms with E-state index in [0.717, 1.165) is 5.56 Å². The average molecular weight is 307 g/mol. The van der Waals surface area contributed by atoms with Gasteiger partial charge in [0, 0.05) is 6.54 Å². The molecule has 0 radical (unpaired) electrons. The largest absolute Gasteiger partial charge is 0.378 e. The van der Waals surface area contributed by atoms with Crippen molar-refractivity contribution in [3.8, 4) is 11.8 Å². The fourth-order valence-electron chi connectivity index (χ4n) is 1.59. The predicted octanol–water partition coefficient (Wildman–Crippen LogP) is 1.95. The number of sulfonamides is 1. The van der Waals surface area contributed by atoms with Crippen LogP contribution in [-0.4, -0.2) is 36.5 Å². The molecule has 0 aromatic heterocycles. The third-order valence-corrected chi connectivity index (χ3v) is 4.47. The molecular formula is C16H21NO3S. The zero-order valence-corrected chi connectivity index (χ0v) is 13.4. The second-order valence-corrected chi connectivity index (χ2v) is 7.20. The quantitative estimate of drug-likeness (QED) is 0.668. The van der Waals surface area contributed by atoms with Gasteiger partial charge in [-0.15, -0.1) is 6.58 Å². The van der Waals surface area contributed by atoms with Crippen molar-refractivity contribution in [3.05, 3.63) is 42.5 Å². The molecule has 0 atom stereocenters. The van der Waals surface area contributed by atoms with E-state index in [1.165, 1.54) is 10.4 Å². The van der Waals surface area contributed by atoms with E-state index in [1.54, 1.807) is 38.1 Å². The van der Waals surface area contributed by atoms with Crippen molar-refractivity contribution in [1.29, 1.82) is 0 Å². The smallest absolute Gasteiger partial charge is 0.244 e. The van der Waals surface area contributed by atoms with Gasteiger partial charge in [0.1, 0.15) is 5.60 Å². The standard InChI is InChI=1S/C16H21NO3S/c1-5-12-17(13-6-11-16(3,4)18)21(19,20)15-9-7-14(2)8-10-15/h5,7-10,18H,1,12-13H2,2-4H3. The highest BCUT2D eigenvalue weighted by molar-refractivity contribution is 7.89. The van der Waals surface area contributed by atoms with Crippen molar-refractivity contribution in [2.24, 2.45) is 0 Å². The predicted molar refractivity (Wildman–Crippen MR) is 84.2 cm³/mol. The summed E-state index contributed by atoms with van der Waals surface area (Å²) in [7, 11) is -3.62. The first-order valence-electron chi connectivity index (χ1n) is 6.57. The lowest BCUT2D eigenvalue weighted by Gasteiger charge is -2.18. The van der Waals surface area contributed by atoms with Crippen molar-refractivity contribution >= 4 is 10.0 Å². The molecule has 0 bridgehead atoms. The first-order valence-corrected chi connectivity index (χ1v) is 8.01. The normalized spacial score (nSPS) is 11.9. The summed E-state index contributed by atoms with van der Waals surface area (Å²) < 4.78 is 26.3. The second kappa shape index (κ2) is 6.90. The minimum absolute atomic E-state index is 0.00617. The van der Waals surface area contributed by atoms with Crippen molar-refractivity contribution in [1.82, 2.24) is 4.31 Å². The molecule has 5 heteroatoms. The molecule has 0 aliphatic rings. The van der Waals surface area contributed by atoms with E-state index in [4.69, 9.17) is 0 Å². The van der Waals surface area contributed by atoms with E-state index in [1.807, 2.05) is 6.92 Å². The fraction of sp³-hybridized carbons (Fsp3) is 0.375. The van der Waals surface area contributed by atoms with E-state index < -0.39 is 15.6 Å². The van der Waals surface area contributed by atoms with Gasteiger partial charge in [0.05, 0.1) is 11.4 Å². The van der Waals surface area contributed by atoms with Crippen molar-refractivity contribution < 1.29 is 13.5 Å². The van der Waals surface area contributed by atoms with E-state index in [2.05, 4.69) is 18.4 Å². The summed E-state index contributed by atoms with van der Waals surface area (Å²) >= 11 is 0. The van der Waals surface area contributed by atoms with Gasteiger partial charge in [0.2, 0.25) is 10.0 Å². The van der Waals surface area contributed by atoms with Crippen LogP contribution in [0.25, 0.3) is 0 Å². The molecular weight excluding hydrogens is 286 g/mol. The summed E-state index contributed by atoms with van der Waals surface area (Å²) in [6.07, 6.45) is 1.51. The van der Waals surface area contributed by atoms with Gasteiger partial charge >= 0.3 is 0 Å². The van der Waals surface area contributed by atoms with Gasteiger partial charge in [-0.2, -0.15) is 4.31 Å². The van der Waals surface area contributed by atoms with Gasteiger partial charge in [-0.05, 0) is 32.9 Å². The fourth-order valence-corrected chi connectivity index (χ4v) is 2.91. The van der Waals surface area contributed by atoms with Crippen LogP contribution in [0.1, 0.15) is 19.4 Å². The van der Waals surface area contributed by atoms with Crippen LogP contribution in [0.3, 0.4) is 0 Å². The number of rotatable bonds is 5. The average Bonchev–Trinajstić information content (AvgIpc) is 2.37. The monoisotopic (exact) mass is 307 g/mol. The van der Waals surface area contributed by atoms with Crippen LogP contribution < -0.4 is 0 Å². The maximum atomic E-state index is 12.5. The van der Waals surface area contributed by atoms with Crippen LogP contribution in [0.4, 0.5) is 0 Å². The topological polar surface area (TPSA) is 57.6 Å². The molecule has 1 N–H and O–H groups in total. The van der Waals surface area contributed by atoms with E-state index in [9.17, 15) is 13.5 Å². The molecule has 0 heterocycles. The zero-order chi connectivity index (χ0) is 16.1. The SMILES string of the molecule is C=CCN(CC#CC(C)(C)O)S(=O)(=O)c1ccc(C)cc1. The van der Waals surface area contributed by atoms with Gasteiger partial charge in [0.25, 0.3) is 0 Å². The third kappa shape index (κ3) is 5.35. The summed E-state index contributed by atoms with van der Waals surface area (Å²) in [6, 6.07) is 6.65. The van der Waals surface area contributed by atoms with Gasteiger partial charge in [-0.1, -0.05) is 35.6 Å². The molecule has 1 aromatic carbocycles. The van der Waals surface area contributed by atoms with Gasteiger partial charge in [-0.25, -0.2) is 8.42 Å². The molecule has 114 valence electrons. The summed E-state index contributed by atoms with van der Waals surface area (Å²) in [6.45, 7) is 8.74. The zero-order valence-electron chi connectivity index (χ0n) is 12.6. The number of nitrogens with zero attached hydrogens (tertiary/aromatic N) is 1. The van der Waals surface area contributed by atoms with E-state index in [0.29, 0.717) is 0 Å². The highest BCUT2D eigenvalue weighted by atomic mass is 32.2. The molecule has 0 fully saturated rings. The summed E-state index contributed by atoms with van der Waals surface area (Å²) in [5, 5.41) is 9.55. The lowest BCUT2D eigenvalue weighted by Crippen LogP contribution is -2.32. The maximum absolute atomic E-state index is 12.5. The van der Waals surface area contributed by atoms with Crippen LogP contribution in [-0.2, 0) is 10.0 Å². The Labute approximate surface area is 127 Å². The molecule has 4 nitrogen and oxygen atoms in total. The van der Waals surface area contributed by atoms with Crippen molar-refractivity contribution in [3.63, 3.8) is 0 Å². The lowest BCUT2D eigenvalue weighted by atomic mass is 10.1. The van der Waals surface area contributed by atoms with Crippen LogP contribution >= 0.6 is 0 Å². The highest BCUT2D eigenvalue weighted by Gasteiger charge is 2.22. The Balaban J connectivity index is 3.05. The summed E-state index contributed by atoms with van der Waals surface area (Å²) in [4.78, 5) is 0.222.